The maximum Gasteiger partial charge on any atom is 0.387 e. The van der Waals surface area contributed by atoms with Crippen LogP contribution in [0.1, 0.15) is 22.1 Å². The van der Waals surface area contributed by atoms with Crippen molar-refractivity contribution in [1.82, 2.24) is 0 Å². The van der Waals surface area contributed by atoms with E-state index in [0.29, 0.717) is 5.56 Å². The monoisotopic (exact) mass is 348 g/mol. The predicted molar refractivity (Wildman–Crippen MR) is 73.9 cm³/mol. The lowest BCUT2D eigenvalue weighted by molar-refractivity contribution is -0.0499. The molecule has 1 atom stereocenters. The molecule has 2 rings (SSSR count). The number of aliphatic hydroxyl groups excluding tert-OH is 1. The fraction of sp³-hybridized carbons (Fsp3) is 0.231. The number of benzene rings is 1. The van der Waals surface area contributed by atoms with Crippen molar-refractivity contribution in [2.24, 2.45) is 0 Å². The number of aryl methyl sites for hydroxylation is 1. The number of aliphatic hydroxyl groups is 1. The minimum absolute atomic E-state index is 0.0406. The zero-order valence-corrected chi connectivity index (χ0v) is 12.3. The zero-order chi connectivity index (χ0) is 14.0. The summed E-state index contributed by atoms with van der Waals surface area (Å²) in [4.78, 5) is 0.749. The van der Waals surface area contributed by atoms with E-state index in [9.17, 15) is 13.9 Å². The average molecular weight is 349 g/mol. The maximum absolute atomic E-state index is 12.1. The molecule has 0 saturated heterocycles. The minimum Gasteiger partial charge on any atom is -0.435 e. The number of halogens is 3. The van der Waals surface area contributed by atoms with Gasteiger partial charge < -0.3 is 9.84 Å². The molecule has 6 heteroatoms. The molecule has 2 aromatic rings. The van der Waals surface area contributed by atoms with E-state index in [0.717, 1.165) is 14.2 Å². The summed E-state index contributed by atoms with van der Waals surface area (Å²) in [6.45, 7) is -0.946. The Bertz CT molecular complexity index is 552. The number of thiophene rings is 1. The van der Waals surface area contributed by atoms with Crippen LogP contribution in [0.2, 0.25) is 0 Å². The van der Waals surface area contributed by atoms with Gasteiger partial charge in [0.25, 0.3) is 0 Å². The van der Waals surface area contributed by atoms with E-state index in [2.05, 4.69) is 20.7 Å². The Hall–Kier alpha value is -0.980. The highest BCUT2D eigenvalue weighted by atomic mass is 79.9. The Kier molecular flexibility index (Phi) is 4.54. The van der Waals surface area contributed by atoms with Gasteiger partial charge in [-0.25, -0.2) is 0 Å². The van der Waals surface area contributed by atoms with Gasteiger partial charge >= 0.3 is 6.61 Å². The Morgan fingerprint density at radius 2 is 2.05 bits per heavy atom. The van der Waals surface area contributed by atoms with Crippen LogP contribution in [0.4, 0.5) is 8.78 Å². The van der Waals surface area contributed by atoms with Gasteiger partial charge in [0.05, 0.1) is 3.79 Å². The second kappa shape index (κ2) is 5.98. The molecule has 1 heterocycles. The van der Waals surface area contributed by atoms with E-state index >= 15 is 0 Å². The van der Waals surface area contributed by atoms with Crippen LogP contribution in [-0.2, 0) is 0 Å². The third-order valence-electron chi connectivity index (χ3n) is 2.54. The summed E-state index contributed by atoms with van der Waals surface area (Å²) in [6, 6.07) is 7.95. The lowest BCUT2D eigenvalue weighted by Gasteiger charge is -2.11. The van der Waals surface area contributed by atoms with E-state index in [1.807, 2.05) is 13.0 Å². The molecule has 0 aliphatic heterocycles. The molecule has 19 heavy (non-hydrogen) atoms. The summed E-state index contributed by atoms with van der Waals surface area (Å²) >= 11 is 4.80. The van der Waals surface area contributed by atoms with Crippen molar-refractivity contribution >= 4 is 27.3 Å². The van der Waals surface area contributed by atoms with Crippen molar-refractivity contribution < 1.29 is 18.6 Å². The molecule has 0 radical (unpaired) electrons. The average Bonchev–Trinajstić information content (AvgIpc) is 2.68. The SMILES string of the molecule is Cc1cc(C(O)c2cccc(OC(F)F)c2)sc1Br. The highest BCUT2D eigenvalue weighted by molar-refractivity contribution is 9.11. The fourth-order valence-electron chi connectivity index (χ4n) is 1.64. The molecular weight excluding hydrogens is 338 g/mol. The van der Waals surface area contributed by atoms with E-state index in [4.69, 9.17) is 0 Å². The van der Waals surface area contributed by atoms with Crippen molar-refractivity contribution in [3.05, 3.63) is 50.1 Å². The molecule has 0 aliphatic rings. The van der Waals surface area contributed by atoms with Crippen molar-refractivity contribution in [2.45, 2.75) is 19.6 Å². The molecule has 1 unspecified atom stereocenters. The van der Waals surface area contributed by atoms with E-state index in [1.54, 1.807) is 12.1 Å². The lowest BCUT2D eigenvalue weighted by Crippen LogP contribution is -2.03. The number of hydrogen-bond donors (Lipinski definition) is 1. The Balaban J connectivity index is 2.25. The number of ether oxygens (including phenoxy) is 1. The smallest absolute Gasteiger partial charge is 0.387 e. The van der Waals surface area contributed by atoms with Gasteiger partial charge in [0.15, 0.2) is 0 Å². The van der Waals surface area contributed by atoms with Crippen LogP contribution in [0.3, 0.4) is 0 Å². The first-order chi connectivity index (χ1) is 8.97. The lowest BCUT2D eigenvalue weighted by atomic mass is 10.1. The van der Waals surface area contributed by atoms with Gasteiger partial charge in [0.2, 0.25) is 0 Å². The zero-order valence-electron chi connectivity index (χ0n) is 9.94. The van der Waals surface area contributed by atoms with Crippen LogP contribution in [-0.4, -0.2) is 11.7 Å². The Labute approximate surface area is 121 Å². The minimum atomic E-state index is -2.87. The Morgan fingerprint density at radius 1 is 1.32 bits per heavy atom. The second-order valence-electron chi connectivity index (χ2n) is 3.96. The third kappa shape index (κ3) is 3.52. The van der Waals surface area contributed by atoms with Crippen LogP contribution in [0.15, 0.2) is 34.1 Å². The third-order valence-corrected chi connectivity index (χ3v) is 4.73. The van der Waals surface area contributed by atoms with Crippen molar-refractivity contribution in [1.29, 1.82) is 0 Å². The first-order valence-corrected chi connectivity index (χ1v) is 7.07. The molecule has 1 aromatic heterocycles. The first kappa shape index (κ1) is 14.4. The molecular formula is C13H11BrF2O2S. The summed E-state index contributed by atoms with van der Waals surface area (Å²) in [7, 11) is 0. The quantitative estimate of drug-likeness (QED) is 0.881. The molecule has 0 spiro atoms. The van der Waals surface area contributed by atoms with Gasteiger partial charge in [-0.1, -0.05) is 12.1 Å². The van der Waals surface area contributed by atoms with Crippen LogP contribution in [0, 0.1) is 6.92 Å². The predicted octanol–water partition coefficient (Wildman–Crippen LogP) is 4.50. The largest absolute Gasteiger partial charge is 0.435 e. The van der Waals surface area contributed by atoms with Gasteiger partial charge in [0, 0.05) is 4.88 Å². The summed E-state index contributed by atoms with van der Waals surface area (Å²) in [5, 5.41) is 10.2. The Morgan fingerprint density at radius 3 is 2.63 bits per heavy atom. The number of rotatable bonds is 4. The van der Waals surface area contributed by atoms with Crippen molar-refractivity contribution in [3.8, 4) is 5.75 Å². The highest BCUT2D eigenvalue weighted by Gasteiger charge is 2.15. The van der Waals surface area contributed by atoms with Gasteiger partial charge in [-0.2, -0.15) is 8.78 Å². The van der Waals surface area contributed by atoms with Gasteiger partial charge in [-0.3, -0.25) is 0 Å². The molecule has 102 valence electrons. The molecule has 2 nitrogen and oxygen atoms in total. The highest BCUT2D eigenvalue weighted by Crippen LogP contribution is 2.35. The second-order valence-corrected chi connectivity index (χ2v) is 6.36. The topological polar surface area (TPSA) is 29.5 Å². The van der Waals surface area contributed by atoms with Crippen molar-refractivity contribution in [2.75, 3.05) is 0 Å². The maximum atomic E-state index is 12.1. The normalized spacial score (nSPS) is 12.7. The molecule has 0 bridgehead atoms. The number of hydrogen-bond acceptors (Lipinski definition) is 3. The summed E-state index contributed by atoms with van der Waals surface area (Å²) in [6.07, 6.45) is -0.851. The van der Waals surface area contributed by atoms with Crippen molar-refractivity contribution in [3.63, 3.8) is 0 Å². The number of alkyl halides is 2. The molecule has 1 aromatic carbocycles. The summed E-state index contributed by atoms with van der Waals surface area (Å²) in [5.74, 6) is 0.0406. The molecule has 0 fully saturated rings. The molecule has 0 aliphatic carbocycles. The standard InChI is InChI=1S/C13H11BrF2O2S/c1-7-5-10(19-12(7)14)11(17)8-3-2-4-9(6-8)18-13(15)16/h2-6,11,13,17H,1H3. The molecule has 0 amide bonds. The van der Waals surface area contributed by atoms with E-state index in [1.165, 1.54) is 23.5 Å². The van der Waals surface area contributed by atoms with Crippen LogP contribution >= 0.6 is 27.3 Å². The molecule has 1 N–H and O–H groups in total. The van der Waals surface area contributed by atoms with Gasteiger partial charge in [-0.05, 0) is 52.2 Å². The first-order valence-electron chi connectivity index (χ1n) is 5.46. The van der Waals surface area contributed by atoms with Crippen LogP contribution < -0.4 is 4.74 Å². The van der Waals surface area contributed by atoms with Crippen LogP contribution in [0.5, 0.6) is 5.75 Å². The fourth-order valence-corrected chi connectivity index (χ4v) is 3.23. The van der Waals surface area contributed by atoms with Gasteiger partial charge in [-0.15, -0.1) is 11.3 Å². The van der Waals surface area contributed by atoms with Crippen LogP contribution in [0.25, 0.3) is 0 Å². The van der Waals surface area contributed by atoms with E-state index < -0.39 is 12.7 Å². The van der Waals surface area contributed by atoms with E-state index in [-0.39, 0.29) is 5.75 Å². The summed E-state index contributed by atoms with van der Waals surface area (Å²) in [5.41, 5.74) is 1.55. The molecule has 0 saturated carbocycles. The van der Waals surface area contributed by atoms with Gasteiger partial charge in [0.1, 0.15) is 11.9 Å². The summed E-state index contributed by atoms with van der Waals surface area (Å²) < 4.78 is 29.6.